The molecule has 1 saturated heterocycles. The van der Waals surface area contributed by atoms with Crippen LogP contribution in [0, 0.1) is 0 Å². The number of carbonyl (C=O) groups is 3. The number of aromatic nitrogens is 3. The number of ether oxygens (including phenoxy) is 1. The van der Waals surface area contributed by atoms with Gasteiger partial charge in [0, 0.05) is 43.3 Å². The molecule has 1 aliphatic heterocycles. The summed E-state index contributed by atoms with van der Waals surface area (Å²) >= 11 is 0. The van der Waals surface area contributed by atoms with E-state index in [2.05, 4.69) is 20.5 Å². The summed E-state index contributed by atoms with van der Waals surface area (Å²) in [6.45, 7) is 0.157. The second-order valence-corrected chi connectivity index (χ2v) is 6.72. The van der Waals surface area contributed by atoms with E-state index in [1.807, 2.05) is 23.1 Å². The van der Waals surface area contributed by atoms with Gasteiger partial charge in [-0.05, 0) is 30.5 Å². The number of amides is 2. The molecule has 2 aromatic rings. The molecule has 154 valence electrons. The summed E-state index contributed by atoms with van der Waals surface area (Å²) < 4.78 is 5.66. The van der Waals surface area contributed by atoms with Crippen LogP contribution in [0.5, 0.6) is 0 Å². The summed E-state index contributed by atoms with van der Waals surface area (Å²) in [5.74, 6) is -0.278. The van der Waals surface area contributed by atoms with Crippen LogP contribution in [0.2, 0.25) is 0 Å². The highest BCUT2D eigenvalue weighted by Gasteiger charge is 2.47. The highest BCUT2D eigenvalue weighted by Crippen LogP contribution is 2.39. The van der Waals surface area contributed by atoms with Crippen molar-refractivity contribution in [1.82, 2.24) is 25.4 Å². The van der Waals surface area contributed by atoms with E-state index in [0.29, 0.717) is 13.0 Å². The molecule has 1 aliphatic carbocycles. The Bertz CT molecular complexity index is 810. The zero-order chi connectivity index (χ0) is 20.6. The molecule has 3 heterocycles. The lowest BCUT2D eigenvalue weighted by atomic mass is 9.98. The van der Waals surface area contributed by atoms with Crippen molar-refractivity contribution in [2.45, 2.75) is 37.5 Å². The molecule has 0 aromatic carbocycles. The third-order valence-corrected chi connectivity index (χ3v) is 4.74. The molecule has 29 heavy (non-hydrogen) atoms. The minimum atomic E-state index is -0.737. The third kappa shape index (κ3) is 5.17. The second kappa shape index (κ2) is 9.78. The van der Waals surface area contributed by atoms with Crippen LogP contribution in [0.4, 0.5) is 0 Å². The summed E-state index contributed by atoms with van der Waals surface area (Å²) in [6, 6.07) is 5.32. The number of hydrogen-bond acceptors (Lipinski definition) is 6. The summed E-state index contributed by atoms with van der Waals surface area (Å²) in [7, 11) is 0. The Morgan fingerprint density at radius 2 is 2.17 bits per heavy atom. The van der Waals surface area contributed by atoms with Crippen LogP contribution in [0.3, 0.4) is 0 Å². The topological polar surface area (TPSA) is 138 Å². The minimum Gasteiger partial charge on any atom is -0.483 e. The van der Waals surface area contributed by atoms with E-state index >= 15 is 0 Å². The zero-order valence-electron chi connectivity index (χ0n) is 15.7. The molecule has 2 amide bonds. The van der Waals surface area contributed by atoms with E-state index in [4.69, 9.17) is 14.6 Å². The molecular formula is C19H23N5O5. The molecule has 10 heteroatoms. The van der Waals surface area contributed by atoms with Gasteiger partial charge < -0.3 is 20.1 Å². The molecule has 0 spiro atoms. The number of nitrogens with zero attached hydrogens (tertiary/aromatic N) is 3. The van der Waals surface area contributed by atoms with Gasteiger partial charge in [0.15, 0.2) is 6.10 Å². The molecule has 0 radical (unpaired) electrons. The number of H-pyrrole nitrogens is 1. The number of hydrogen-bond donors (Lipinski definition) is 3. The van der Waals surface area contributed by atoms with E-state index in [1.165, 1.54) is 0 Å². The Kier molecular flexibility index (Phi) is 6.90. The van der Waals surface area contributed by atoms with E-state index in [0.717, 1.165) is 24.1 Å². The van der Waals surface area contributed by atoms with E-state index in [-0.39, 0.29) is 30.9 Å². The molecule has 4 rings (SSSR count). The predicted octanol–water partition coefficient (Wildman–Crippen LogP) is 0.295. The first-order valence-corrected chi connectivity index (χ1v) is 9.32. The van der Waals surface area contributed by atoms with Crippen LogP contribution in [0.1, 0.15) is 30.1 Å². The SMILES string of the molecule is O=C(NCCc1ccn[nH]1)[C@H]1OCC(=O)N(C2CC2)[C@@H]1c1cccnc1.O=CO. The average Bonchev–Trinajstić information content (AvgIpc) is 3.43. The Morgan fingerprint density at radius 3 is 2.79 bits per heavy atom. The van der Waals surface area contributed by atoms with Gasteiger partial charge in [-0.15, -0.1) is 0 Å². The van der Waals surface area contributed by atoms with Crippen LogP contribution in [0.25, 0.3) is 0 Å². The van der Waals surface area contributed by atoms with Crippen molar-refractivity contribution >= 4 is 18.3 Å². The molecule has 1 saturated carbocycles. The van der Waals surface area contributed by atoms with Crippen LogP contribution >= 0.6 is 0 Å². The van der Waals surface area contributed by atoms with E-state index < -0.39 is 12.1 Å². The summed E-state index contributed by atoms with van der Waals surface area (Å²) in [5, 5.41) is 16.6. The lowest BCUT2D eigenvalue weighted by Crippen LogP contribution is -2.55. The number of morpholine rings is 1. The van der Waals surface area contributed by atoms with Gasteiger partial charge in [-0.2, -0.15) is 5.10 Å². The fourth-order valence-electron chi connectivity index (χ4n) is 3.36. The first-order valence-electron chi connectivity index (χ1n) is 9.32. The maximum absolute atomic E-state index is 12.8. The predicted molar refractivity (Wildman–Crippen MR) is 101 cm³/mol. The van der Waals surface area contributed by atoms with E-state index in [1.54, 1.807) is 18.6 Å². The van der Waals surface area contributed by atoms with Crippen molar-refractivity contribution in [3.63, 3.8) is 0 Å². The lowest BCUT2D eigenvalue weighted by Gasteiger charge is -2.40. The number of carbonyl (C=O) groups excluding carboxylic acids is 2. The van der Waals surface area contributed by atoms with Gasteiger partial charge in [0.25, 0.3) is 12.4 Å². The van der Waals surface area contributed by atoms with Crippen molar-refractivity contribution in [2.75, 3.05) is 13.2 Å². The van der Waals surface area contributed by atoms with Crippen molar-refractivity contribution in [3.05, 3.63) is 48.0 Å². The molecule has 0 bridgehead atoms. The Hall–Kier alpha value is -3.27. The summed E-state index contributed by atoms with van der Waals surface area (Å²) in [6.07, 6.45) is 6.91. The standard InChI is InChI=1S/C18H21N5O3.CH2O2/c24-15-11-26-17(18(25)20-8-5-13-6-9-21-22-13)16(23(15)14-3-4-14)12-2-1-7-19-10-12;2-1-3/h1-2,6-7,9-10,14,16-17H,3-5,8,11H2,(H,20,25)(H,21,22);1H,(H,2,3)/t16-,17+;/m1./s1. The van der Waals surface area contributed by atoms with Crippen molar-refractivity contribution in [3.8, 4) is 0 Å². The monoisotopic (exact) mass is 401 g/mol. The quantitative estimate of drug-likeness (QED) is 0.592. The van der Waals surface area contributed by atoms with Gasteiger partial charge in [-0.25, -0.2) is 0 Å². The fraction of sp³-hybridized carbons (Fsp3) is 0.421. The summed E-state index contributed by atoms with van der Waals surface area (Å²) in [4.78, 5) is 39.6. The lowest BCUT2D eigenvalue weighted by molar-refractivity contribution is -0.165. The van der Waals surface area contributed by atoms with Gasteiger partial charge in [0.1, 0.15) is 6.61 Å². The third-order valence-electron chi connectivity index (χ3n) is 4.74. The maximum Gasteiger partial charge on any atom is 0.290 e. The fourth-order valence-corrected chi connectivity index (χ4v) is 3.36. The number of carboxylic acid groups (broad SMARTS) is 1. The highest BCUT2D eigenvalue weighted by molar-refractivity contribution is 5.86. The molecule has 2 fully saturated rings. The van der Waals surface area contributed by atoms with Crippen molar-refractivity contribution in [2.24, 2.45) is 0 Å². The van der Waals surface area contributed by atoms with Crippen LogP contribution in [-0.2, 0) is 25.5 Å². The van der Waals surface area contributed by atoms with Crippen molar-refractivity contribution in [1.29, 1.82) is 0 Å². The smallest absolute Gasteiger partial charge is 0.290 e. The van der Waals surface area contributed by atoms with Crippen LogP contribution < -0.4 is 5.32 Å². The van der Waals surface area contributed by atoms with Crippen molar-refractivity contribution < 1.29 is 24.2 Å². The van der Waals surface area contributed by atoms with Gasteiger partial charge in [0.2, 0.25) is 5.91 Å². The summed E-state index contributed by atoms with van der Waals surface area (Å²) in [5.41, 5.74) is 1.77. The largest absolute Gasteiger partial charge is 0.483 e. The molecule has 0 unspecified atom stereocenters. The Labute approximate surface area is 167 Å². The Morgan fingerprint density at radius 1 is 1.38 bits per heavy atom. The van der Waals surface area contributed by atoms with Gasteiger partial charge in [0.05, 0.1) is 6.04 Å². The molecular weight excluding hydrogens is 378 g/mol. The Balaban J connectivity index is 0.000000755. The normalized spacial score (nSPS) is 21.1. The second-order valence-electron chi connectivity index (χ2n) is 6.72. The number of aromatic amines is 1. The molecule has 2 aliphatic rings. The first kappa shape index (κ1) is 20.5. The molecule has 2 atom stereocenters. The highest BCUT2D eigenvalue weighted by atomic mass is 16.5. The number of pyridine rings is 1. The van der Waals surface area contributed by atoms with Crippen LogP contribution in [0.15, 0.2) is 36.8 Å². The van der Waals surface area contributed by atoms with Gasteiger partial charge >= 0.3 is 0 Å². The first-order chi connectivity index (χ1) is 14.2. The maximum atomic E-state index is 12.8. The van der Waals surface area contributed by atoms with E-state index in [9.17, 15) is 9.59 Å². The average molecular weight is 401 g/mol. The zero-order valence-corrected chi connectivity index (χ0v) is 15.7. The van der Waals surface area contributed by atoms with Gasteiger partial charge in [-0.3, -0.25) is 24.5 Å². The number of nitrogens with one attached hydrogen (secondary N) is 2. The van der Waals surface area contributed by atoms with Crippen LogP contribution in [-0.4, -0.2) is 68.8 Å². The molecule has 2 aromatic heterocycles. The molecule has 3 N–H and O–H groups in total. The number of rotatable bonds is 6. The van der Waals surface area contributed by atoms with Gasteiger partial charge in [-0.1, -0.05) is 6.07 Å². The molecule has 10 nitrogen and oxygen atoms in total. The minimum absolute atomic E-state index is 0.0636.